The molecular weight excluding hydrogens is 422 g/mol. The number of hydrogen-bond acceptors (Lipinski definition) is 5. The number of rotatable bonds is 8. The number of aryl methyl sites for hydroxylation is 1. The van der Waals surface area contributed by atoms with Crippen molar-refractivity contribution in [3.05, 3.63) is 64.4 Å². The zero-order chi connectivity index (χ0) is 22.5. The maximum atomic E-state index is 12.9. The Morgan fingerprint density at radius 2 is 1.91 bits per heavy atom. The van der Waals surface area contributed by atoms with Crippen molar-refractivity contribution in [2.45, 2.75) is 32.4 Å². The van der Waals surface area contributed by atoms with Crippen LogP contribution in [-0.2, 0) is 11.3 Å². The molecule has 2 aromatic carbocycles. The summed E-state index contributed by atoms with van der Waals surface area (Å²) in [4.78, 5) is 15.4. The van der Waals surface area contributed by atoms with Gasteiger partial charge in [-0.1, -0.05) is 48.0 Å². The molecule has 2 heterocycles. The highest BCUT2D eigenvalue weighted by molar-refractivity contribution is 7.71. The zero-order valence-corrected chi connectivity index (χ0v) is 19.3. The molecule has 0 bridgehead atoms. The second-order valence-electron chi connectivity index (χ2n) is 8.11. The summed E-state index contributed by atoms with van der Waals surface area (Å²) in [5.41, 5.74) is 3.17. The Balaban J connectivity index is 1.49. The van der Waals surface area contributed by atoms with Gasteiger partial charge in [0.2, 0.25) is 5.91 Å². The molecule has 0 spiro atoms. The molecule has 1 amide bonds. The first-order valence-corrected chi connectivity index (χ1v) is 11.3. The Labute approximate surface area is 193 Å². The summed E-state index contributed by atoms with van der Waals surface area (Å²) in [5, 5.41) is 10.3. The molecule has 8 heteroatoms. The van der Waals surface area contributed by atoms with E-state index in [1.54, 1.807) is 11.7 Å². The topological polar surface area (TPSA) is 75.2 Å². The van der Waals surface area contributed by atoms with Gasteiger partial charge >= 0.3 is 0 Å². The lowest BCUT2D eigenvalue weighted by Gasteiger charge is -2.29. The number of hydrogen-bond donors (Lipinski definition) is 2. The van der Waals surface area contributed by atoms with Gasteiger partial charge in [0.05, 0.1) is 13.2 Å². The molecule has 1 aliphatic heterocycles. The number of carbonyl (C=O) groups excluding carboxylic acids is 1. The summed E-state index contributed by atoms with van der Waals surface area (Å²) in [6, 6.07) is 16.1. The van der Waals surface area contributed by atoms with E-state index in [2.05, 4.69) is 26.5 Å². The van der Waals surface area contributed by atoms with Crippen LogP contribution < -0.4 is 10.1 Å². The van der Waals surface area contributed by atoms with Gasteiger partial charge in [0.25, 0.3) is 0 Å². The summed E-state index contributed by atoms with van der Waals surface area (Å²) in [7, 11) is 1.69. The lowest BCUT2D eigenvalue weighted by atomic mass is 10.0. The first-order valence-electron chi connectivity index (χ1n) is 10.9. The van der Waals surface area contributed by atoms with Gasteiger partial charge in [-0.05, 0) is 51.1 Å². The van der Waals surface area contributed by atoms with Crippen LogP contribution in [0.25, 0.3) is 11.4 Å². The number of benzene rings is 2. The van der Waals surface area contributed by atoms with Crippen molar-refractivity contribution in [3.8, 4) is 17.1 Å². The third kappa shape index (κ3) is 4.92. The molecule has 3 aromatic rings. The number of likely N-dealkylation sites (tertiary alicyclic amines) is 1. The van der Waals surface area contributed by atoms with Crippen LogP contribution in [0.3, 0.4) is 0 Å². The lowest BCUT2D eigenvalue weighted by Crippen LogP contribution is -2.38. The predicted molar refractivity (Wildman–Crippen MR) is 127 cm³/mol. The summed E-state index contributed by atoms with van der Waals surface area (Å²) < 4.78 is 7.76. The largest absolute Gasteiger partial charge is 0.496 e. The third-order valence-corrected chi connectivity index (χ3v) is 6.25. The van der Waals surface area contributed by atoms with E-state index in [1.807, 2.05) is 49.4 Å². The average molecular weight is 452 g/mol. The molecule has 1 unspecified atom stereocenters. The molecule has 4 rings (SSSR count). The van der Waals surface area contributed by atoms with Crippen LogP contribution in [-0.4, -0.2) is 52.3 Å². The fourth-order valence-electron chi connectivity index (χ4n) is 4.23. The zero-order valence-electron chi connectivity index (χ0n) is 18.5. The molecular formula is C24H29N5O2S. The van der Waals surface area contributed by atoms with Crippen LogP contribution in [0.5, 0.6) is 5.75 Å². The van der Waals surface area contributed by atoms with E-state index in [9.17, 15) is 4.79 Å². The predicted octanol–water partition coefficient (Wildman–Crippen LogP) is 3.88. The van der Waals surface area contributed by atoms with Gasteiger partial charge in [-0.25, -0.2) is 0 Å². The van der Waals surface area contributed by atoms with Crippen molar-refractivity contribution in [3.63, 3.8) is 0 Å². The molecule has 1 fully saturated rings. The van der Waals surface area contributed by atoms with Gasteiger partial charge in [-0.2, -0.15) is 5.10 Å². The molecule has 32 heavy (non-hydrogen) atoms. The summed E-state index contributed by atoms with van der Waals surface area (Å²) in [6.45, 7) is 4.68. The van der Waals surface area contributed by atoms with Gasteiger partial charge in [0.15, 0.2) is 10.6 Å². The van der Waals surface area contributed by atoms with E-state index >= 15 is 0 Å². The van der Waals surface area contributed by atoms with E-state index in [1.165, 1.54) is 12.8 Å². The van der Waals surface area contributed by atoms with Crippen LogP contribution in [0.2, 0.25) is 0 Å². The van der Waals surface area contributed by atoms with Crippen molar-refractivity contribution < 1.29 is 9.53 Å². The van der Waals surface area contributed by atoms with E-state index in [0.29, 0.717) is 17.1 Å². The standard InChI is InChI=1S/C24H29N5O2S/c1-17-9-11-18(12-10-17)23-26-27-24(32)29(23)16-22(30)25-15-20(28-13-5-6-14-28)19-7-3-4-8-21(19)31-2/h3-4,7-12,20H,5-6,13-16H2,1-2H3,(H,25,30)(H,27,32). The summed E-state index contributed by atoms with van der Waals surface area (Å²) >= 11 is 5.39. The van der Waals surface area contributed by atoms with Crippen LogP contribution >= 0.6 is 12.2 Å². The summed E-state index contributed by atoms with van der Waals surface area (Å²) in [6.07, 6.45) is 2.34. The number of carbonyl (C=O) groups is 1. The SMILES string of the molecule is COc1ccccc1C(CNC(=O)Cn1c(-c2ccc(C)cc2)n[nH]c1=S)N1CCCC1. The molecule has 1 saturated heterocycles. The highest BCUT2D eigenvalue weighted by Crippen LogP contribution is 2.31. The van der Waals surface area contributed by atoms with E-state index < -0.39 is 0 Å². The number of methoxy groups -OCH3 is 1. The fourth-order valence-corrected chi connectivity index (χ4v) is 4.42. The van der Waals surface area contributed by atoms with E-state index in [4.69, 9.17) is 17.0 Å². The minimum absolute atomic E-state index is 0.0616. The first kappa shape index (κ1) is 22.2. The van der Waals surface area contributed by atoms with Crippen molar-refractivity contribution in [2.75, 3.05) is 26.7 Å². The number of nitrogens with one attached hydrogen (secondary N) is 2. The maximum Gasteiger partial charge on any atom is 0.240 e. The lowest BCUT2D eigenvalue weighted by molar-refractivity contribution is -0.121. The maximum absolute atomic E-state index is 12.9. The number of aromatic nitrogens is 3. The van der Waals surface area contributed by atoms with Gasteiger partial charge in [-0.3, -0.25) is 19.4 Å². The number of para-hydroxylation sites is 1. The fraction of sp³-hybridized carbons (Fsp3) is 0.375. The van der Waals surface area contributed by atoms with Gasteiger partial charge < -0.3 is 10.1 Å². The molecule has 2 N–H and O–H groups in total. The Morgan fingerprint density at radius 3 is 2.62 bits per heavy atom. The smallest absolute Gasteiger partial charge is 0.240 e. The molecule has 1 aliphatic rings. The second kappa shape index (κ2) is 10.1. The van der Waals surface area contributed by atoms with Crippen LogP contribution in [0.15, 0.2) is 48.5 Å². The van der Waals surface area contributed by atoms with Crippen LogP contribution in [0.1, 0.15) is 30.0 Å². The second-order valence-corrected chi connectivity index (χ2v) is 8.50. The molecule has 0 radical (unpaired) electrons. The van der Waals surface area contributed by atoms with E-state index in [-0.39, 0.29) is 18.5 Å². The minimum atomic E-state index is -0.102. The average Bonchev–Trinajstić information content (AvgIpc) is 3.46. The third-order valence-electron chi connectivity index (χ3n) is 5.94. The Morgan fingerprint density at radius 1 is 1.19 bits per heavy atom. The van der Waals surface area contributed by atoms with Crippen molar-refractivity contribution in [1.29, 1.82) is 0 Å². The van der Waals surface area contributed by atoms with Gasteiger partial charge in [0.1, 0.15) is 12.3 Å². The normalized spacial score (nSPS) is 14.9. The monoisotopic (exact) mass is 451 g/mol. The van der Waals surface area contributed by atoms with Crippen LogP contribution in [0.4, 0.5) is 0 Å². The molecule has 168 valence electrons. The number of H-pyrrole nitrogens is 1. The number of nitrogens with zero attached hydrogens (tertiary/aromatic N) is 3. The molecule has 7 nitrogen and oxygen atoms in total. The van der Waals surface area contributed by atoms with Gasteiger partial charge in [-0.15, -0.1) is 0 Å². The molecule has 0 aliphatic carbocycles. The quantitative estimate of drug-likeness (QED) is 0.509. The van der Waals surface area contributed by atoms with Crippen LogP contribution in [0, 0.1) is 11.7 Å². The van der Waals surface area contributed by atoms with Crippen molar-refractivity contribution >= 4 is 18.1 Å². The molecule has 0 saturated carbocycles. The molecule has 1 aromatic heterocycles. The highest BCUT2D eigenvalue weighted by atomic mass is 32.1. The van der Waals surface area contributed by atoms with Crippen molar-refractivity contribution in [2.24, 2.45) is 0 Å². The number of ether oxygens (including phenoxy) is 1. The molecule has 1 atom stereocenters. The first-order chi connectivity index (χ1) is 15.6. The number of amides is 1. The Kier molecular flexibility index (Phi) is 7.02. The highest BCUT2D eigenvalue weighted by Gasteiger charge is 2.26. The van der Waals surface area contributed by atoms with E-state index in [0.717, 1.165) is 35.5 Å². The van der Waals surface area contributed by atoms with Crippen molar-refractivity contribution in [1.82, 2.24) is 25.0 Å². The Hall–Kier alpha value is -2.97. The summed E-state index contributed by atoms with van der Waals surface area (Å²) in [5.74, 6) is 1.40. The minimum Gasteiger partial charge on any atom is -0.496 e. The Bertz CT molecular complexity index is 1120. The number of aromatic amines is 1. The van der Waals surface area contributed by atoms with Gasteiger partial charge in [0, 0.05) is 17.7 Å².